The summed E-state index contributed by atoms with van der Waals surface area (Å²) in [5.41, 5.74) is 0.607. The highest BCUT2D eigenvalue weighted by atomic mass is 16.4. The van der Waals surface area contributed by atoms with E-state index in [1.165, 1.54) is 0 Å². The van der Waals surface area contributed by atoms with Gasteiger partial charge in [-0.3, -0.25) is 9.78 Å². The highest BCUT2D eigenvalue weighted by Crippen LogP contribution is 2.22. The molecule has 0 unspecified atom stereocenters. The van der Waals surface area contributed by atoms with Crippen LogP contribution < -0.4 is 5.76 Å². The maximum Gasteiger partial charge on any atom is 0.437 e. The summed E-state index contributed by atoms with van der Waals surface area (Å²) < 4.78 is 6.21. The largest absolute Gasteiger partial charge is 0.437 e. The van der Waals surface area contributed by atoms with Crippen LogP contribution in [0.25, 0.3) is 11.5 Å². The van der Waals surface area contributed by atoms with Gasteiger partial charge < -0.3 is 9.32 Å². The van der Waals surface area contributed by atoms with Gasteiger partial charge in [0, 0.05) is 24.5 Å². The van der Waals surface area contributed by atoms with Gasteiger partial charge in [-0.1, -0.05) is 0 Å². The molecule has 23 heavy (non-hydrogen) atoms. The van der Waals surface area contributed by atoms with Crippen molar-refractivity contribution in [2.24, 2.45) is 0 Å². The Balaban J connectivity index is 1.79. The highest BCUT2D eigenvalue weighted by Gasteiger charge is 2.29. The van der Waals surface area contributed by atoms with Gasteiger partial charge in [0.15, 0.2) is 0 Å². The standard InChI is InChI=1S/C16H20N4O3/c1-11-5-3-6-12(2)20(11)14(21)10-19-16(22)23-15(18-19)13-7-4-8-17-9-13/h4,7-9,11-12H,3,5-6,10H2,1-2H3/t11-,12-/m1/s1. The summed E-state index contributed by atoms with van der Waals surface area (Å²) in [6.45, 7) is 3.98. The Morgan fingerprint density at radius 3 is 2.74 bits per heavy atom. The second-order valence-corrected chi connectivity index (χ2v) is 6.00. The fourth-order valence-electron chi connectivity index (χ4n) is 3.13. The number of rotatable bonds is 3. The first kappa shape index (κ1) is 15.5. The van der Waals surface area contributed by atoms with Crippen molar-refractivity contribution in [1.29, 1.82) is 0 Å². The monoisotopic (exact) mass is 316 g/mol. The van der Waals surface area contributed by atoms with Gasteiger partial charge in [0.2, 0.25) is 5.91 Å². The number of amides is 1. The minimum atomic E-state index is -0.630. The number of carbonyl (C=O) groups is 1. The quantitative estimate of drug-likeness (QED) is 0.860. The van der Waals surface area contributed by atoms with Gasteiger partial charge in [-0.05, 0) is 45.2 Å². The van der Waals surface area contributed by atoms with E-state index in [1.807, 2.05) is 18.7 Å². The normalized spacial score (nSPS) is 21.4. The van der Waals surface area contributed by atoms with Gasteiger partial charge in [0.1, 0.15) is 6.54 Å². The number of aromatic nitrogens is 3. The van der Waals surface area contributed by atoms with E-state index in [4.69, 9.17) is 4.42 Å². The SMILES string of the molecule is C[C@@H]1CCC[C@@H](C)N1C(=O)Cn1nc(-c2cccnc2)oc1=O. The molecular formula is C16H20N4O3. The Kier molecular flexibility index (Phi) is 4.27. The zero-order chi connectivity index (χ0) is 16.4. The number of likely N-dealkylation sites (tertiary alicyclic amines) is 1. The summed E-state index contributed by atoms with van der Waals surface area (Å²) in [6, 6.07) is 3.86. The van der Waals surface area contributed by atoms with Gasteiger partial charge in [-0.25, -0.2) is 4.79 Å². The molecule has 1 amide bonds. The number of nitrogens with zero attached hydrogens (tertiary/aromatic N) is 4. The fraction of sp³-hybridized carbons (Fsp3) is 0.500. The van der Waals surface area contributed by atoms with E-state index in [-0.39, 0.29) is 30.4 Å². The third-order valence-electron chi connectivity index (χ3n) is 4.28. The maximum atomic E-state index is 12.6. The number of hydrogen-bond donors (Lipinski definition) is 0. The molecule has 3 heterocycles. The number of pyridine rings is 1. The van der Waals surface area contributed by atoms with Crippen LogP contribution in [0.2, 0.25) is 0 Å². The molecule has 0 spiro atoms. The lowest BCUT2D eigenvalue weighted by atomic mass is 9.97. The zero-order valence-corrected chi connectivity index (χ0v) is 13.3. The number of carbonyl (C=O) groups excluding carboxylic acids is 1. The molecule has 1 aliphatic rings. The fourth-order valence-corrected chi connectivity index (χ4v) is 3.13. The summed E-state index contributed by atoms with van der Waals surface area (Å²) >= 11 is 0. The Morgan fingerprint density at radius 1 is 1.35 bits per heavy atom. The van der Waals surface area contributed by atoms with Gasteiger partial charge in [0.05, 0.1) is 5.56 Å². The van der Waals surface area contributed by atoms with Crippen LogP contribution in [0.4, 0.5) is 0 Å². The van der Waals surface area contributed by atoms with Crippen molar-refractivity contribution in [1.82, 2.24) is 19.7 Å². The summed E-state index contributed by atoms with van der Waals surface area (Å²) in [4.78, 5) is 30.3. The molecule has 3 rings (SSSR count). The number of hydrogen-bond acceptors (Lipinski definition) is 5. The van der Waals surface area contributed by atoms with Gasteiger partial charge in [-0.2, -0.15) is 4.68 Å². The molecule has 0 aromatic carbocycles. The van der Waals surface area contributed by atoms with Crippen molar-refractivity contribution in [3.63, 3.8) is 0 Å². The van der Waals surface area contributed by atoms with E-state index in [0.29, 0.717) is 5.56 Å². The second kappa shape index (κ2) is 6.36. The molecule has 0 radical (unpaired) electrons. The molecule has 2 aromatic rings. The van der Waals surface area contributed by atoms with Crippen molar-refractivity contribution in [2.75, 3.05) is 0 Å². The van der Waals surface area contributed by atoms with Crippen LogP contribution in [0, 0.1) is 0 Å². The van der Waals surface area contributed by atoms with E-state index in [0.717, 1.165) is 23.9 Å². The van der Waals surface area contributed by atoms with Crippen LogP contribution in [0.5, 0.6) is 0 Å². The third-order valence-corrected chi connectivity index (χ3v) is 4.28. The predicted molar refractivity (Wildman–Crippen MR) is 83.6 cm³/mol. The molecule has 122 valence electrons. The lowest BCUT2D eigenvalue weighted by molar-refractivity contribution is -0.138. The molecule has 0 bridgehead atoms. The lowest BCUT2D eigenvalue weighted by Crippen LogP contribution is -2.49. The van der Waals surface area contributed by atoms with Gasteiger partial charge in [0.25, 0.3) is 5.89 Å². The maximum absolute atomic E-state index is 12.6. The molecule has 0 saturated carbocycles. The molecule has 7 nitrogen and oxygen atoms in total. The molecule has 2 atom stereocenters. The highest BCUT2D eigenvalue weighted by molar-refractivity contribution is 5.76. The average molecular weight is 316 g/mol. The van der Waals surface area contributed by atoms with Crippen molar-refractivity contribution >= 4 is 5.91 Å². The predicted octanol–water partition coefficient (Wildman–Crippen LogP) is 1.69. The molecule has 0 N–H and O–H groups in total. The Morgan fingerprint density at radius 2 is 2.09 bits per heavy atom. The minimum absolute atomic E-state index is 0.0992. The van der Waals surface area contributed by atoms with Crippen molar-refractivity contribution in [2.45, 2.75) is 51.7 Å². The van der Waals surface area contributed by atoms with Crippen LogP contribution in [0.3, 0.4) is 0 Å². The van der Waals surface area contributed by atoms with Crippen molar-refractivity contribution in [3.05, 3.63) is 35.1 Å². The van der Waals surface area contributed by atoms with Crippen LogP contribution >= 0.6 is 0 Å². The van der Waals surface area contributed by atoms with Crippen LogP contribution in [-0.4, -0.2) is 37.7 Å². The molecule has 7 heteroatoms. The average Bonchev–Trinajstić information content (AvgIpc) is 2.89. The van der Waals surface area contributed by atoms with E-state index >= 15 is 0 Å². The zero-order valence-electron chi connectivity index (χ0n) is 13.3. The second-order valence-electron chi connectivity index (χ2n) is 6.00. The van der Waals surface area contributed by atoms with E-state index < -0.39 is 5.76 Å². The molecule has 2 aromatic heterocycles. The van der Waals surface area contributed by atoms with Crippen molar-refractivity contribution in [3.8, 4) is 11.5 Å². The Hall–Kier alpha value is -2.44. The molecule has 1 fully saturated rings. The molecular weight excluding hydrogens is 296 g/mol. The van der Waals surface area contributed by atoms with E-state index in [9.17, 15) is 9.59 Å². The third kappa shape index (κ3) is 3.18. The molecule has 1 saturated heterocycles. The van der Waals surface area contributed by atoms with Gasteiger partial charge >= 0.3 is 5.76 Å². The molecule has 1 aliphatic heterocycles. The summed E-state index contributed by atoms with van der Waals surface area (Å²) in [7, 11) is 0. The topological polar surface area (TPSA) is 81.2 Å². The van der Waals surface area contributed by atoms with E-state index in [2.05, 4.69) is 10.1 Å². The van der Waals surface area contributed by atoms with Crippen molar-refractivity contribution < 1.29 is 9.21 Å². The molecule has 0 aliphatic carbocycles. The van der Waals surface area contributed by atoms with Crippen LogP contribution in [0.1, 0.15) is 33.1 Å². The first-order chi connectivity index (χ1) is 11.1. The van der Waals surface area contributed by atoms with E-state index in [1.54, 1.807) is 24.5 Å². The Labute approximate surface area is 133 Å². The lowest BCUT2D eigenvalue weighted by Gasteiger charge is -2.38. The number of piperidine rings is 1. The van der Waals surface area contributed by atoms with Crippen LogP contribution in [0.15, 0.2) is 33.7 Å². The minimum Gasteiger partial charge on any atom is -0.388 e. The Bertz CT molecular complexity index is 727. The first-order valence-corrected chi connectivity index (χ1v) is 7.86. The summed E-state index contributed by atoms with van der Waals surface area (Å²) in [5.74, 6) is -0.553. The summed E-state index contributed by atoms with van der Waals surface area (Å²) in [5, 5.41) is 4.11. The first-order valence-electron chi connectivity index (χ1n) is 7.86. The smallest absolute Gasteiger partial charge is 0.388 e. The summed E-state index contributed by atoms with van der Waals surface area (Å²) in [6.07, 6.45) is 6.30. The van der Waals surface area contributed by atoms with Crippen LogP contribution in [-0.2, 0) is 11.3 Å². The van der Waals surface area contributed by atoms with Gasteiger partial charge in [-0.15, -0.1) is 5.10 Å².